The number of carbonyl (C=O) groups is 3. The van der Waals surface area contributed by atoms with Crippen LogP contribution in [0.15, 0.2) is 34.9 Å². The van der Waals surface area contributed by atoms with Gasteiger partial charge in [0.2, 0.25) is 12.3 Å². The molecule has 3 heterocycles. The quantitative estimate of drug-likeness (QED) is 0.125. The molecule has 1 unspecified atom stereocenters. The number of piperazine rings is 2. The van der Waals surface area contributed by atoms with Gasteiger partial charge in [0.25, 0.3) is 5.91 Å². The molecule has 3 fully saturated rings. The highest BCUT2D eigenvalue weighted by Crippen LogP contribution is 2.37. The van der Waals surface area contributed by atoms with Gasteiger partial charge in [0.1, 0.15) is 21.9 Å². The largest absolute Gasteiger partial charge is 0.395 e. The summed E-state index contributed by atoms with van der Waals surface area (Å²) < 4.78 is 0. The van der Waals surface area contributed by atoms with Crippen LogP contribution in [0.2, 0.25) is 0 Å². The number of rotatable bonds is 12. The van der Waals surface area contributed by atoms with Crippen LogP contribution in [0, 0.1) is 11.3 Å². The van der Waals surface area contributed by atoms with E-state index >= 15 is 0 Å². The summed E-state index contributed by atoms with van der Waals surface area (Å²) in [5.74, 6) is -0.689. The number of β-amino-alcohol motifs (C(OH)–C–C–N with tert-alkyl or cyclic N) is 1. The Kier molecular flexibility index (Phi) is 14.7. The third-order valence-corrected chi connectivity index (χ3v) is 8.61. The average Bonchev–Trinajstić information content (AvgIpc) is 3.34. The van der Waals surface area contributed by atoms with E-state index in [1.165, 1.54) is 55.8 Å². The third-order valence-electron chi connectivity index (χ3n) is 7.31. The minimum Gasteiger partial charge on any atom is -0.395 e. The van der Waals surface area contributed by atoms with Gasteiger partial charge in [-0.1, -0.05) is 18.7 Å². The van der Waals surface area contributed by atoms with Gasteiger partial charge >= 0.3 is 0 Å². The van der Waals surface area contributed by atoms with Gasteiger partial charge < -0.3 is 30.9 Å². The summed E-state index contributed by atoms with van der Waals surface area (Å²) in [6.07, 6.45) is 1.89. The topological polar surface area (TPSA) is 156 Å². The smallest absolute Gasteiger partial charge is 0.278 e. The second kappa shape index (κ2) is 18.5. The molecule has 1 aromatic carbocycles. The Morgan fingerprint density at radius 1 is 1.07 bits per heavy atom. The lowest BCUT2D eigenvalue weighted by molar-refractivity contribution is -0.127. The van der Waals surface area contributed by atoms with E-state index in [0.717, 1.165) is 5.69 Å². The monoisotopic (exact) mass is 615 g/mol. The summed E-state index contributed by atoms with van der Waals surface area (Å²) in [7, 11) is 0. The van der Waals surface area contributed by atoms with Crippen LogP contribution in [-0.2, 0) is 14.4 Å². The van der Waals surface area contributed by atoms with E-state index in [2.05, 4.69) is 38.1 Å². The van der Waals surface area contributed by atoms with Crippen molar-refractivity contribution in [3.63, 3.8) is 0 Å². The summed E-state index contributed by atoms with van der Waals surface area (Å²) in [4.78, 5) is 42.4. The summed E-state index contributed by atoms with van der Waals surface area (Å²) >= 11 is 1.21. The fourth-order valence-electron chi connectivity index (χ4n) is 4.98. The molecule has 3 saturated heterocycles. The molecule has 0 radical (unpaired) electrons. The summed E-state index contributed by atoms with van der Waals surface area (Å²) in [5, 5.41) is 29.5. The predicted molar refractivity (Wildman–Crippen MR) is 169 cm³/mol. The van der Waals surface area contributed by atoms with Crippen molar-refractivity contribution in [1.82, 2.24) is 30.5 Å². The summed E-state index contributed by atoms with van der Waals surface area (Å²) in [5.41, 5.74) is 4.15. The zero-order valence-electron chi connectivity index (χ0n) is 25.2. The van der Waals surface area contributed by atoms with E-state index in [1.807, 2.05) is 6.07 Å². The Hall–Kier alpha value is -3.19. The molecule has 0 spiro atoms. The SMILES string of the molecule is CCCN1CCNCC1.CCN1C(=O)C(CNc2ccc(NC=O)cc2)S/C1=C(/C#N)C(=O)NN1CCN(CCO)CC1. The van der Waals surface area contributed by atoms with E-state index in [0.29, 0.717) is 62.9 Å². The normalized spacial score (nSPS) is 20.9. The molecule has 0 bridgehead atoms. The van der Waals surface area contributed by atoms with Crippen molar-refractivity contribution in [2.75, 3.05) is 95.8 Å². The molecular weight excluding hydrogens is 570 g/mol. The number of hydrogen-bond acceptors (Lipinski definition) is 11. The zero-order chi connectivity index (χ0) is 31.0. The summed E-state index contributed by atoms with van der Waals surface area (Å²) in [6.45, 7) is 14.1. The van der Waals surface area contributed by atoms with E-state index in [-0.39, 0.29) is 18.1 Å². The van der Waals surface area contributed by atoms with E-state index in [9.17, 15) is 19.6 Å². The van der Waals surface area contributed by atoms with Gasteiger partial charge in [0.15, 0.2) is 0 Å². The van der Waals surface area contributed by atoms with Crippen LogP contribution < -0.4 is 21.4 Å². The van der Waals surface area contributed by atoms with E-state index in [4.69, 9.17) is 5.11 Å². The molecule has 1 atom stereocenters. The van der Waals surface area contributed by atoms with Crippen molar-refractivity contribution in [3.8, 4) is 6.07 Å². The van der Waals surface area contributed by atoms with Gasteiger partial charge in [0, 0.05) is 83.4 Å². The number of thioether (sulfide) groups is 1. The number of anilines is 2. The molecule has 5 N–H and O–H groups in total. The Bertz CT molecular complexity index is 1110. The maximum atomic E-state index is 12.9. The molecule has 3 amide bonds. The first kappa shape index (κ1) is 34.3. The van der Waals surface area contributed by atoms with Crippen LogP contribution in [0.25, 0.3) is 0 Å². The number of carbonyl (C=O) groups excluding carboxylic acids is 3. The lowest BCUT2D eigenvalue weighted by atomic mass is 10.2. The first-order valence-electron chi connectivity index (χ1n) is 14.9. The highest BCUT2D eigenvalue weighted by Gasteiger charge is 2.39. The Labute approximate surface area is 258 Å². The number of aliphatic hydroxyl groups excluding tert-OH is 1. The maximum absolute atomic E-state index is 12.9. The van der Waals surface area contributed by atoms with Crippen LogP contribution in [0.3, 0.4) is 0 Å². The number of nitrogens with one attached hydrogen (secondary N) is 4. The molecule has 14 heteroatoms. The van der Waals surface area contributed by atoms with Crippen molar-refractivity contribution in [2.45, 2.75) is 25.5 Å². The van der Waals surface area contributed by atoms with Crippen molar-refractivity contribution >= 4 is 41.4 Å². The molecule has 1 aromatic rings. The zero-order valence-corrected chi connectivity index (χ0v) is 26.0. The highest BCUT2D eigenvalue weighted by molar-refractivity contribution is 8.04. The van der Waals surface area contributed by atoms with E-state index in [1.54, 1.807) is 36.2 Å². The molecule has 0 aromatic heterocycles. The van der Waals surface area contributed by atoms with Gasteiger partial charge in [-0.2, -0.15) is 5.26 Å². The van der Waals surface area contributed by atoms with Gasteiger partial charge in [-0.15, -0.1) is 0 Å². The number of amides is 3. The Morgan fingerprint density at radius 2 is 1.72 bits per heavy atom. The molecule has 43 heavy (non-hydrogen) atoms. The number of aliphatic hydroxyl groups is 1. The van der Waals surface area contributed by atoms with Crippen LogP contribution in [0.5, 0.6) is 0 Å². The van der Waals surface area contributed by atoms with Crippen LogP contribution >= 0.6 is 11.8 Å². The fraction of sp³-hybridized carbons (Fsp3) is 0.586. The number of nitriles is 1. The average molecular weight is 616 g/mol. The molecule has 3 aliphatic rings. The van der Waals surface area contributed by atoms with Crippen LogP contribution in [-0.4, -0.2) is 133 Å². The third kappa shape index (κ3) is 10.5. The first-order chi connectivity index (χ1) is 20.9. The second-order valence-corrected chi connectivity index (χ2v) is 11.5. The van der Waals surface area contributed by atoms with Gasteiger partial charge in [-0.05, 0) is 44.2 Å². The lowest BCUT2D eigenvalue weighted by Gasteiger charge is -2.34. The lowest BCUT2D eigenvalue weighted by Crippen LogP contribution is -2.54. The fourth-order valence-corrected chi connectivity index (χ4v) is 6.25. The molecule has 3 aliphatic heterocycles. The molecule has 4 rings (SSSR count). The van der Waals surface area contributed by atoms with E-state index < -0.39 is 11.2 Å². The maximum Gasteiger partial charge on any atom is 0.278 e. The minimum atomic E-state index is -0.529. The van der Waals surface area contributed by atoms with Crippen molar-refractivity contribution < 1.29 is 19.5 Å². The molecular formula is C29H45N9O4S. The first-order valence-corrected chi connectivity index (χ1v) is 15.8. The summed E-state index contributed by atoms with van der Waals surface area (Å²) in [6, 6.07) is 9.05. The number of nitrogens with zero attached hydrogens (tertiary/aromatic N) is 5. The Morgan fingerprint density at radius 3 is 2.30 bits per heavy atom. The highest BCUT2D eigenvalue weighted by atomic mass is 32.2. The molecule has 0 saturated carbocycles. The molecule has 0 aliphatic carbocycles. The number of hydrazine groups is 1. The predicted octanol–water partition coefficient (Wildman–Crippen LogP) is 0.309. The number of hydrogen-bond donors (Lipinski definition) is 5. The van der Waals surface area contributed by atoms with Crippen molar-refractivity contribution in [2.24, 2.45) is 0 Å². The van der Waals surface area contributed by atoms with Crippen LogP contribution in [0.4, 0.5) is 11.4 Å². The van der Waals surface area contributed by atoms with Crippen molar-refractivity contribution in [3.05, 3.63) is 34.9 Å². The standard InChI is InChI=1S/C22H29N7O4S.C7H16N2/c1-2-29-21(33)19(14-24-16-3-5-17(6-4-16)25-15-31)34-22(29)18(13-23)20(32)26-28-9-7-27(8-10-28)11-12-30;1-2-5-9-6-3-8-4-7-9/h3-6,15,19,24,30H,2,7-12,14H2,1H3,(H,25,31)(H,26,32);8H,2-7H2,1H3/b22-18-;. The van der Waals surface area contributed by atoms with Gasteiger partial charge in [-0.25, -0.2) is 5.01 Å². The second-order valence-electron chi connectivity index (χ2n) is 10.3. The van der Waals surface area contributed by atoms with Crippen molar-refractivity contribution in [1.29, 1.82) is 5.26 Å². The minimum absolute atomic E-state index is 0.0789. The molecule has 236 valence electrons. The Balaban J connectivity index is 0.000000480. The van der Waals surface area contributed by atoms with Gasteiger partial charge in [0.05, 0.1) is 6.61 Å². The molecule has 13 nitrogen and oxygen atoms in total. The van der Waals surface area contributed by atoms with Crippen LogP contribution in [0.1, 0.15) is 20.3 Å². The number of benzene rings is 1. The van der Waals surface area contributed by atoms with Gasteiger partial charge in [-0.3, -0.25) is 24.7 Å².